The number of nitrogens with one attached hydrogen (secondary N) is 1. The van der Waals surface area contributed by atoms with Crippen LogP contribution in [0.5, 0.6) is 0 Å². The Bertz CT molecular complexity index is 676. The number of unbranched alkanes of at least 4 members (excludes halogenated alkanes) is 5. The van der Waals surface area contributed by atoms with E-state index in [0.29, 0.717) is 6.42 Å². The third-order valence-electron chi connectivity index (χ3n) is 5.03. The Kier molecular flexibility index (Phi) is 9.26. The molecule has 150 valence electrons. The van der Waals surface area contributed by atoms with Gasteiger partial charge in [-0.25, -0.2) is 0 Å². The number of hydrogen-bond donors (Lipinski definition) is 2. The highest BCUT2D eigenvalue weighted by Crippen LogP contribution is 2.25. The minimum Gasteiger partial charge on any atom is -0.368 e. The predicted molar refractivity (Wildman–Crippen MR) is 114 cm³/mol. The molecule has 1 atom stereocenters. The van der Waals surface area contributed by atoms with Gasteiger partial charge in [-0.05, 0) is 17.5 Å². The minimum absolute atomic E-state index is 0.188. The monoisotopic (exact) mass is 380 g/mol. The highest BCUT2D eigenvalue weighted by atomic mass is 16.2. The SMILES string of the molecule is CCCCCCCC[C@@H](NC(=O)C(c1ccccc1)c1ccccc1)C(N)=O. The Morgan fingerprint density at radius 2 is 1.32 bits per heavy atom. The summed E-state index contributed by atoms with van der Waals surface area (Å²) in [6.45, 7) is 2.19. The van der Waals surface area contributed by atoms with Gasteiger partial charge in [0, 0.05) is 0 Å². The molecule has 0 aromatic heterocycles. The van der Waals surface area contributed by atoms with Crippen LogP contribution in [0, 0.1) is 0 Å². The summed E-state index contributed by atoms with van der Waals surface area (Å²) in [5, 5.41) is 2.90. The molecule has 28 heavy (non-hydrogen) atoms. The second-order valence-corrected chi connectivity index (χ2v) is 7.27. The molecule has 4 heteroatoms. The van der Waals surface area contributed by atoms with Gasteiger partial charge < -0.3 is 11.1 Å². The van der Waals surface area contributed by atoms with Crippen molar-refractivity contribution in [2.75, 3.05) is 0 Å². The van der Waals surface area contributed by atoms with Crippen LogP contribution in [-0.4, -0.2) is 17.9 Å². The molecule has 4 nitrogen and oxygen atoms in total. The summed E-state index contributed by atoms with van der Waals surface area (Å²) < 4.78 is 0. The average Bonchev–Trinajstić information content (AvgIpc) is 2.71. The van der Waals surface area contributed by atoms with E-state index in [4.69, 9.17) is 5.73 Å². The van der Waals surface area contributed by atoms with Gasteiger partial charge in [0.15, 0.2) is 0 Å². The maximum Gasteiger partial charge on any atom is 0.240 e. The summed E-state index contributed by atoms with van der Waals surface area (Å²) in [6.07, 6.45) is 7.35. The van der Waals surface area contributed by atoms with Crippen molar-refractivity contribution in [3.8, 4) is 0 Å². The summed E-state index contributed by atoms with van der Waals surface area (Å²) in [4.78, 5) is 25.0. The first-order chi connectivity index (χ1) is 13.6. The van der Waals surface area contributed by atoms with Crippen molar-refractivity contribution in [2.24, 2.45) is 5.73 Å². The third kappa shape index (κ3) is 6.84. The van der Waals surface area contributed by atoms with Gasteiger partial charge in [0.05, 0.1) is 5.92 Å². The number of rotatable bonds is 12. The standard InChI is InChI=1S/C24H32N2O2/c1-2-3-4-5-6-13-18-21(23(25)27)26-24(28)22(19-14-9-7-10-15-19)20-16-11-8-12-17-20/h7-12,14-17,21-22H,2-6,13,18H2,1H3,(H2,25,27)(H,26,28)/t21-/m1/s1. The van der Waals surface area contributed by atoms with Crippen LogP contribution in [0.4, 0.5) is 0 Å². The molecule has 0 saturated carbocycles. The van der Waals surface area contributed by atoms with Crippen LogP contribution >= 0.6 is 0 Å². The van der Waals surface area contributed by atoms with Crippen LogP contribution in [0.15, 0.2) is 60.7 Å². The number of benzene rings is 2. The molecular formula is C24H32N2O2. The molecule has 0 saturated heterocycles. The summed E-state index contributed by atoms with van der Waals surface area (Å²) in [6, 6.07) is 18.6. The van der Waals surface area contributed by atoms with E-state index in [0.717, 1.165) is 30.4 Å². The first kappa shape index (κ1) is 21.7. The first-order valence-electron chi connectivity index (χ1n) is 10.3. The lowest BCUT2D eigenvalue weighted by atomic mass is 9.90. The molecule has 0 heterocycles. The van der Waals surface area contributed by atoms with Gasteiger partial charge >= 0.3 is 0 Å². The molecule has 0 unspecified atom stereocenters. The minimum atomic E-state index is -0.631. The zero-order chi connectivity index (χ0) is 20.2. The molecule has 0 fully saturated rings. The zero-order valence-corrected chi connectivity index (χ0v) is 16.8. The highest BCUT2D eigenvalue weighted by molar-refractivity contribution is 5.91. The van der Waals surface area contributed by atoms with Crippen molar-refractivity contribution >= 4 is 11.8 Å². The van der Waals surface area contributed by atoms with E-state index >= 15 is 0 Å². The Hall–Kier alpha value is -2.62. The second kappa shape index (κ2) is 12.0. The molecule has 0 aliphatic carbocycles. The Labute approximate surface area is 168 Å². The number of amides is 2. The molecule has 3 N–H and O–H groups in total. The molecule has 2 rings (SSSR count). The van der Waals surface area contributed by atoms with E-state index in [1.165, 1.54) is 19.3 Å². The van der Waals surface area contributed by atoms with Gasteiger partial charge in [-0.1, -0.05) is 106 Å². The molecular weight excluding hydrogens is 348 g/mol. The first-order valence-corrected chi connectivity index (χ1v) is 10.3. The lowest BCUT2D eigenvalue weighted by Crippen LogP contribution is -2.46. The van der Waals surface area contributed by atoms with Gasteiger partial charge in [-0.15, -0.1) is 0 Å². The zero-order valence-electron chi connectivity index (χ0n) is 16.8. The van der Waals surface area contributed by atoms with Crippen molar-refractivity contribution in [3.63, 3.8) is 0 Å². The lowest BCUT2D eigenvalue weighted by Gasteiger charge is -2.22. The normalized spacial score (nSPS) is 11.9. The van der Waals surface area contributed by atoms with Gasteiger partial charge in [0.2, 0.25) is 11.8 Å². The van der Waals surface area contributed by atoms with E-state index in [1.54, 1.807) is 0 Å². The molecule has 0 radical (unpaired) electrons. The molecule has 2 aromatic rings. The van der Waals surface area contributed by atoms with Crippen LogP contribution in [0.25, 0.3) is 0 Å². The second-order valence-electron chi connectivity index (χ2n) is 7.27. The molecule has 2 aromatic carbocycles. The van der Waals surface area contributed by atoms with Gasteiger partial charge in [0.25, 0.3) is 0 Å². The molecule has 0 aliphatic heterocycles. The predicted octanol–water partition coefficient (Wildman–Crippen LogP) is 4.54. The molecule has 0 bridgehead atoms. The number of carbonyl (C=O) groups is 2. The lowest BCUT2D eigenvalue weighted by molar-refractivity contribution is -0.127. The summed E-state index contributed by atoms with van der Waals surface area (Å²) in [5.74, 6) is -1.12. The summed E-state index contributed by atoms with van der Waals surface area (Å²) in [5.41, 5.74) is 7.37. The number of carbonyl (C=O) groups excluding carboxylic acids is 2. The van der Waals surface area contributed by atoms with E-state index in [1.807, 2.05) is 60.7 Å². The third-order valence-corrected chi connectivity index (χ3v) is 5.03. The quantitative estimate of drug-likeness (QED) is 0.531. The van der Waals surface area contributed by atoms with Crippen molar-refractivity contribution in [1.29, 1.82) is 0 Å². The topological polar surface area (TPSA) is 72.2 Å². The van der Waals surface area contributed by atoms with Crippen LogP contribution in [0.3, 0.4) is 0 Å². The van der Waals surface area contributed by atoms with E-state index in [2.05, 4.69) is 12.2 Å². The van der Waals surface area contributed by atoms with Crippen LogP contribution in [0.2, 0.25) is 0 Å². The van der Waals surface area contributed by atoms with Crippen LogP contribution < -0.4 is 11.1 Å². The van der Waals surface area contributed by atoms with Gasteiger partial charge in [0.1, 0.15) is 6.04 Å². The van der Waals surface area contributed by atoms with Gasteiger partial charge in [-0.3, -0.25) is 9.59 Å². The van der Waals surface area contributed by atoms with E-state index < -0.39 is 17.9 Å². The number of primary amides is 1. The smallest absolute Gasteiger partial charge is 0.240 e. The molecule has 2 amide bonds. The fourth-order valence-electron chi connectivity index (χ4n) is 3.46. The maximum atomic E-state index is 13.1. The largest absolute Gasteiger partial charge is 0.368 e. The van der Waals surface area contributed by atoms with Crippen molar-refractivity contribution in [3.05, 3.63) is 71.8 Å². The Morgan fingerprint density at radius 3 is 1.82 bits per heavy atom. The Balaban J connectivity index is 2.05. The van der Waals surface area contributed by atoms with E-state index in [9.17, 15) is 9.59 Å². The average molecular weight is 381 g/mol. The Morgan fingerprint density at radius 1 is 0.821 bits per heavy atom. The van der Waals surface area contributed by atoms with Crippen molar-refractivity contribution in [1.82, 2.24) is 5.32 Å². The fraction of sp³-hybridized carbons (Fsp3) is 0.417. The number of nitrogens with two attached hydrogens (primary N) is 1. The van der Waals surface area contributed by atoms with Crippen LogP contribution in [0.1, 0.15) is 68.9 Å². The summed E-state index contributed by atoms with van der Waals surface area (Å²) in [7, 11) is 0. The highest BCUT2D eigenvalue weighted by Gasteiger charge is 2.26. The van der Waals surface area contributed by atoms with Crippen molar-refractivity contribution in [2.45, 2.75) is 63.8 Å². The van der Waals surface area contributed by atoms with Crippen molar-refractivity contribution < 1.29 is 9.59 Å². The fourth-order valence-corrected chi connectivity index (χ4v) is 3.46. The number of hydrogen-bond acceptors (Lipinski definition) is 2. The molecule has 0 spiro atoms. The summed E-state index contributed by atoms with van der Waals surface area (Å²) >= 11 is 0. The van der Waals surface area contributed by atoms with Gasteiger partial charge in [-0.2, -0.15) is 0 Å². The van der Waals surface area contributed by atoms with Crippen LogP contribution in [-0.2, 0) is 9.59 Å². The van der Waals surface area contributed by atoms with E-state index in [-0.39, 0.29) is 5.91 Å². The maximum absolute atomic E-state index is 13.1. The molecule has 0 aliphatic rings.